The Morgan fingerprint density at radius 2 is 1.19 bits per heavy atom. The van der Waals surface area contributed by atoms with E-state index in [0.29, 0.717) is 75.5 Å². The molecule has 4 fully saturated rings. The molecular weight excluding hydrogens is 900 g/mol. The molecule has 342 valence electrons. The summed E-state index contributed by atoms with van der Waals surface area (Å²) in [5, 5.41) is 15.7. The van der Waals surface area contributed by atoms with Crippen molar-refractivity contribution in [2.45, 2.75) is 75.3 Å². The van der Waals surface area contributed by atoms with Gasteiger partial charge >= 0.3 is 0 Å². The van der Waals surface area contributed by atoms with E-state index in [-0.39, 0.29) is 24.3 Å². The van der Waals surface area contributed by atoms with Crippen molar-refractivity contribution in [2.24, 2.45) is 0 Å². The van der Waals surface area contributed by atoms with Crippen LogP contribution in [-0.2, 0) is 19.6 Å². The van der Waals surface area contributed by atoms with Crippen LogP contribution < -0.4 is 4.90 Å². The van der Waals surface area contributed by atoms with Gasteiger partial charge in [-0.3, -0.25) is 14.0 Å². The number of aromatic amines is 3. The molecule has 2 amide bonds. The number of hydrogen-bond acceptors (Lipinski definition) is 6. The van der Waals surface area contributed by atoms with E-state index >= 15 is 0 Å². The number of aliphatic hydroxyl groups is 1. The number of nitrogens with one attached hydrogen (secondary N) is 3. The highest BCUT2D eigenvalue weighted by molar-refractivity contribution is 7.88. The maximum Gasteiger partial charge on any atom is 0.254 e. The molecule has 3 aliphatic heterocycles. The fourth-order valence-electron chi connectivity index (χ4n) is 9.63. The van der Waals surface area contributed by atoms with Crippen LogP contribution in [0.15, 0.2) is 73.2 Å². The molecule has 4 N–H and O–H groups in total. The molecule has 0 unspecified atom stereocenters. The fourth-order valence-corrected chi connectivity index (χ4v) is 11.2. The van der Waals surface area contributed by atoms with Crippen LogP contribution >= 0.6 is 34.8 Å². The van der Waals surface area contributed by atoms with Crippen molar-refractivity contribution in [1.29, 1.82) is 0 Å². The molecule has 3 saturated heterocycles. The number of piperidine rings is 2. The monoisotopic (exact) mass is 953 g/mol. The standard InChI is InChI=1S/C17H19ClN2O2.C16H18ClFN2O.C14H18ClN3O2S/c18-12-9-14(13-1-6-19-15(13)10-12)11-2-7-20(8-3-11)16(21)17(22)4-5-17;17-12-9-14(13-2-6-19-15(13)10-12)11-3-7-20(8-4-11)16(21)1-5-18;1-10-9-17(21(2,19)20)5-6-18(10)14-8-11(15)7-13-12(14)3-4-16-13/h1,6,9-11,19,22H,2-5,7-8H2;2,6,9-11,19H,1,3-5,7-8H2;3-4,7-8,10,16H,5-6,9H2,1-2H3/t;;10-/m..1/s1. The summed E-state index contributed by atoms with van der Waals surface area (Å²) in [4.78, 5) is 39.3. The maximum atomic E-state index is 12.3. The highest BCUT2D eigenvalue weighted by Gasteiger charge is 2.50. The van der Waals surface area contributed by atoms with E-state index in [4.69, 9.17) is 34.8 Å². The summed E-state index contributed by atoms with van der Waals surface area (Å²) in [6, 6.07) is 18.1. The number of fused-ring (bicyclic) bond motifs is 3. The van der Waals surface area contributed by atoms with Crippen molar-refractivity contribution in [2.75, 3.05) is 63.6 Å². The number of likely N-dealkylation sites (tertiary alicyclic amines) is 2. The molecule has 3 aromatic carbocycles. The Hall–Kier alpha value is -4.31. The van der Waals surface area contributed by atoms with Crippen molar-refractivity contribution < 1.29 is 27.5 Å². The van der Waals surface area contributed by atoms with Crippen LogP contribution in [0.4, 0.5) is 10.1 Å². The van der Waals surface area contributed by atoms with Crippen molar-refractivity contribution in [3.05, 3.63) is 99.4 Å². The highest BCUT2D eigenvalue weighted by Crippen LogP contribution is 2.40. The fraction of sp³-hybridized carbons (Fsp3) is 0.447. The summed E-state index contributed by atoms with van der Waals surface area (Å²) in [6.07, 6.45) is 11.9. The van der Waals surface area contributed by atoms with E-state index in [1.807, 2.05) is 72.9 Å². The number of piperazine rings is 1. The number of rotatable bonds is 7. The van der Waals surface area contributed by atoms with Crippen molar-refractivity contribution in [1.82, 2.24) is 29.1 Å². The Bertz CT molecular complexity index is 2740. The zero-order chi connectivity index (χ0) is 45.3. The Morgan fingerprint density at radius 1 is 0.719 bits per heavy atom. The molecule has 6 aromatic rings. The Morgan fingerprint density at radius 3 is 1.66 bits per heavy atom. The predicted octanol–water partition coefficient (Wildman–Crippen LogP) is 9.23. The van der Waals surface area contributed by atoms with Gasteiger partial charge in [0.1, 0.15) is 5.60 Å². The van der Waals surface area contributed by atoms with E-state index < -0.39 is 22.3 Å². The number of benzene rings is 3. The highest BCUT2D eigenvalue weighted by atomic mass is 35.5. The lowest BCUT2D eigenvalue weighted by molar-refractivity contribution is -0.143. The van der Waals surface area contributed by atoms with E-state index in [9.17, 15) is 27.5 Å². The number of H-pyrrole nitrogens is 3. The van der Waals surface area contributed by atoms with Gasteiger partial charge in [-0.05, 0) is 123 Å². The number of alkyl halides is 1. The van der Waals surface area contributed by atoms with Crippen LogP contribution in [-0.4, -0.2) is 125 Å². The number of hydrogen-bond donors (Lipinski definition) is 4. The second-order valence-corrected chi connectivity index (χ2v) is 20.9. The van der Waals surface area contributed by atoms with Crippen LogP contribution in [0.25, 0.3) is 32.7 Å². The van der Waals surface area contributed by atoms with Gasteiger partial charge in [0.25, 0.3) is 5.91 Å². The third-order valence-electron chi connectivity index (χ3n) is 13.3. The van der Waals surface area contributed by atoms with Gasteiger partial charge in [0.05, 0.1) is 19.4 Å². The molecule has 0 radical (unpaired) electrons. The van der Waals surface area contributed by atoms with Gasteiger partial charge in [0.2, 0.25) is 15.9 Å². The number of nitrogens with zero attached hydrogens (tertiary/aromatic N) is 4. The minimum absolute atomic E-state index is 0.00386. The molecule has 0 bridgehead atoms. The zero-order valence-electron chi connectivity index (χ0n) is 36.1. The average Bonchev–Trinajstić information content (AvgIpc) is 3.65. The number of sulfonamides is 1. The molecule has 1 aliphatic carbocycles. The predicted molar refractivity (Wildman–Crippen MR) is 255 cm³/mol. The molecular formula is C47H55Cl3FN7O5S. The summed E-state index contributed by atoms with van der Waals surface area (Å²) in [5.74, 6) is 0.656. The second kappa shape index (κ2) is 19.3. The normalized spacial score (nSPS) is 19.7. The number of anilines is 1. The largest absolute Gasteiger partial charge is 0.380 e. The molecule has 12 nitrogen and oxygen atoms in total. The van der Waals surface area contributed by atoms with Gasteiger partial charge in [-0.2, -0.15) is 4.31 Å². The van der Waals surface area contributed by atoms with E-state index in [1.165, 1.54) is 32.5 Å². The second-order valence-electron chi connectivity index (χ2n) is 17.6. The maximum absolute atomic E-state index is 12.3. The van der Waals surface area contributed by atoms with E-state index in [2.05, 4.69) is 32.0 Å². The first-order valence-electron chi connectivity index (χ1n) is 22.0. The topological polar surface area (TPSA) is 149 Å². The molecule has 4 aliphatic rings. The number of halogens is 4. The first kappa shape index (κ1) is 46.2. The third kappa shape index (κ3) is 10.2. The average molecular weight is 955 g/mol. The van der Waals surface area contributed by atoms with Gasteiger partial charge in [-0.25, -0.2) is 8.42 Å². The number of aromatic nitrogens is 3. The molecule has 0 spiro atoms. The Labute approximate surface area is 388 Å². The lowest BCUT2D eigenvalue weighted by Crippen LogP contribution is -2.53. The van der Waals surface area contributed by atoms with Gasteiger partial charge < -0.3 is 34.8 Å². The van der Waals surface area contributed by atoms with Crippen LogP contribution in [0.1, 0.15) is 74.8 Å². The smallest absolute Gasteiger partial charge is 0.254 e. The number of carbonyl (C=O) groups excluding carboxylic acids is 2. The Balaban J connectivity index is 0.000000131. The van der Waals surface area contributed by atoms with Gasteiger partial charge in [0.15, 0.2) is 0 Å². The molecule has 3 aromatic heterocycles. The first-order chi connectivity index (χ1) is 30.6. The zero-order valence-corrected chi connectivity index (χ0v) is 39.1. The van der Waals surface area contributed by atoms with Crippen LogP contribution in [0.5, 0.6) is 0 Å². The Kier molecular flexibility index (Phi) is 13.9. The van der Waals surface area contributed by atoms with E-state index in [0.717, 1.165) is 63.4 Å². The lowest BCUT2D eigenvalue weighted by Gasteiger charge is -2.40. The van der Waals surface area contributed by atoms with Crippen molar-refractivity contribution >= 4 is 95.0 Å². The number of carbonyl (C=O) groups is 2. The molecule has 1 saturated carbocycles. The van der Waals surface area contributed by atoms with Crippen LogP contribution in [0, 0.1) is 0 Å². The van der Waals surface area contributed by atoms with Gasteiger partial charge in [-0.1, -0.05) is 34.8 Å². The quantitative estimate of drug-likeness (QED) is 0.125. The van der Waals surface area contributed by atoms with Gasteiger partial charge in [-0.15, -0.1) is 0 Å². The van der Waals surface area contributed by atoms with Crippen molar-refractivity contribution in [3.63, 3.8) is 0 Å². The summed E-state index contributed by atoms with van der Waals surface area (Å²) in [6.45, 7) is 5.94. The molecule has 64 heavy (non-hydrogen) atoms. The first-order valence-corrected chi connectivity index (χ1v) is 25.0. The minimum atomic E-state index is -3.13. The summed E-state index contributed by atoms with van der Waals surface area (Å²) in [5.41, 5.74) is 5.63. The molecule has 10 rings (SSSR count). The van der Waals surface area contributed by atoms with E-state index in [1.54, 1.807) is 4.90 Å². The molecule has 6 heterocycles. The van der Waals surface area contributed by atoms with Crippen LogP contribution in [0.3, 0.4) is 0 Å². The summed E-state index contributed by atoms with van der Waals surface area (Å²) in [7, 11) is -3.13. The molecule has 17 heteroatoms. The lowest BCUT2D eigenvalue weighted by atomic mass is 9.87. The van der Waals surface area contributed by atoms with Crippen molar-refractivity contribution in [3.8, 4) is 0 Å². The van der Waals surface area contributed by atoms with Gasteiger partial charge in [0, 0.05) is 124 Å². The summed E-state index contributed by atoms with van der Waals surface area (Å²) < 4.78 is 37.2. The SMILES string of the molecule is C[C@@H]1CN(S(C)(=O)=O)CCN1c1cc(Cl)cc2[nH]ccc12.O=C(CCF)N1CCC(c2cc(Cl)cc3[nH]ccc23)CC1.O=C(N1CCC(c2cc(Cl)cc3[nH]ccc23)CC1)C1(O)CC1. The third-order valence-corrected chi connectivity index (χ3v) is 15.2. The number of amides is 2. The summed E-state index contributed by atoms with van der Waals surface area (Å²) >= 11 is 18.6. The molecule has 1 atom stereocenters. The minimum Gasteiger partial charge on any atom is -0.380 e. The van der Waals surface area contributed by atoms with Crippen LogP contribution in [0.2, 0.25) is 15.1 Å².